The van der Waals surface area contributed by atoms with Crippen LogP contribution in [0.15, 0.2) is 42.5 Å². The Hall–Kier alpha value is -2.82. The molecule has 25 heavy (non-hydrogen) atoms. The second-order valence-electron chi connectivity index (χ2n) is 6.27. The van der Waals surface area contributed by atoms with Gasteiger partial charge in [-0.2, -0.15) is 0 Å². The summed E-state index contributed by atoms with van der Waals surface area (Å²) >= 11 is 0. The van der Waals surface area contributed by atoms with Crippen LogP contribution in [-0.2, 0) is 0 Å². The van der Waals surface area contributed by atoms with E-state index in [4.69, 9.17) is 0 Å². The predicted molar refractivity (Wildman–Crippen MR) is 102 cm³/mol. The van der Waals surface area contributed by atoms with Crippen LogP contribution in [0.25, 0.3) is 0 Å². The first-order valence-electron chi connectivity index (χ1n) is 8.57. The number of amides is 1. The van der Waals surface area contributed by atoms with E-state index in [1.54, 1.807) is 12.1 Å². The molecule has 0 bridgehead atoms. The molecule has 0 unspecified atom stereocenters. The van der Waals surface area contributed by atoms with Crippen molar-refractivity contribution >= 4 is 28.8 Å². The van der Waals surface area contributed by atoms with Crippen molar-refractivity contribution in [2.24, 2.45) is 0 Å². The molecule has 0 atom stereocenters. The van der Waals surface area contributed by atoms with Crippen molar-refractivity contribution in [3.05, 3.63) is 53.6 Å². The minimum Gasteiger partial charge on any atom is -0.388 e. The van der Waals surface area contributed by atoms with E-state index in [0.717, 1.165) is 24.5 Å². The molecule has 0 radical (unpaired) electrons. The summed E-state index contributed by atoms with van der Waals surface area (Å²) < 4.78 is 0. The van der Waals surface area contributed by atoms with E-state index in [2.05, 4.69) is 15.5 Å². The van der Waals surface area contributed by atoms with Crippen molar-refractivity contribution < 1.29 is 9.59 Å². The fraction of sp³-hybridized carbons (Fsp3) is 0.300. The van der Waals surface area contributed by atoms with E-state index < -0.39 is 0 Å². The standard InChI is InChI=1S/C20H23N3O2/c1-14(24)18-13-17(23-10-3-4-11-23)8-9-19(18)22-20(25)15-6-5-7-16(12-15)21-2/h5-9,12-13,21H,3-4,10-11H2,1-2H3,(H,22,25). The van der Waals surface area contributed by atoms with Crippen LogP contribution in [-0.4, -0.2) is 31.8 Å². The molecule has 130 valence electrons. The van der Waals surface area contributed by atoms with E-state index in [1.807, 2.05) is 37.4 Å². The minimum absolute atomic E-state index is 0.0553. The van der Waals surface area contributed by atoms with Gasteiger partial charge in [0.1, 0.15) is 0 Å². The smallest absolute Gasteiger partial charge is 0.255 e. The first-order chi connectivity index (χ1) is 12.1. The van der Waals surface area contributed by atoms with E-state index in [9.17, 15) is 9.59 Å². The molecule has 2 N–H and O–H groups in total. The molecular weight excluding hydrogens is 314 g/mol. The van der Waals surface area contributed by atoms with Crippen LogP contribution in [0, 0.1) is 0 Å². The summed E-state index contributed by atoms with van der Waals surface area (Å²) in [4.78, 5) is 26.9. The topological polar surface area (TPSA) is 61.4 Å². The quantitative estimate of drug-likeness (QED) is 0.815. The number of hydrogen-bond donors (Lipinski definition) is 2. The maximum absolute atomic E-state index is 12.5. The predicted octanol–water partition coefficient (Wildman–Crippen LogP) is 3.78. The number of nitrogens with zero attached hydrogens (tertiary/aromatic N) is 1. The Labute approximate surface area is 148 Å². The van der Waals surface area contributed by atoms with Crippen LogP contribution < -0.4 is 15.5 Å². The summed E-state index contributed by atoms with van der Waals surface area (Å²) in [5, 5.41) is 5.89. The van der Waals surface area contributed by atoms with E-state index in [1.165, 1.54) is 19.8 Å². The molecule has 0 spiro atoms. The molecule has 1 aliphatic heterocycles. The van der Waals surface area contributed by atoms with Gasteiger partial charge in [0.05, 0.1) is 5.69 Å². The van der Waals surface area contributed by atoms with Gasteiger partial charge in [-0.15, -0.1) is 0 Å². The lowest BCUT2D eigenvalue weighted by molar-refractivity contribution is 0.101. The number of rotatable bonds is 5. The van der Waals surface area contributed by atoms with Gasteiger partial charge in [-0.05, 0) is 56.2 Å². The highest BCUT2D eigenvalue weighted by Gasteiger charge is 2.17. The Morgan fingerprint density at radius 3 is 2.48 bits per heavy atom. The molecule has 0 aromatic heterocycles. The van der Waals surface area contributed by atoms with Crippen LogP contribution in [0.3, 0.4) is 0 Å². The number of hydrogen-bond acceptors (Lipinski definition) is 4. The van der Waals surface area contributed by atoms with Crippen LogP contribution in [0.5, 0.6) is 0 Å². The highest BCUT2D eigenvalue weighted by Crippen LogP contribution is 2.27. The highest BCUT2D eigenvalue weighted by atomic mass is 16.1. The number of anilines is 3. The number of benzene rings is 2. The number of nitrogens with one attached hydrogen (secondary N) is 2. The molecule has 3 rings (SSSR count). The van der Waals surface area contributed by atoms with Gasteiger partial charge in [0, 0.05) is 42.6 Å². The molecule has 1 amide bonds. The average Bonchev–Trinajstić information content (AvgIpc) is 3.16. The minimum atomic E-state index is -0.228. The molecule has 0 saturated carbocycles. The zero-order valence-corrected chi connectivity index (χ0v) is 14.6. The molecule has 5 nitrogen and oxygen atoms in total. The van der Waals surface area contributed by atoms with Crippen molar-refractivity contribution in [2.45, 2.75) is 19.8 Å². The maximum Gasteiger partial charge on any atom is 0.255 e. The van der Waals surface area contributed by atoms with E-state index in [-0.39, 0.29) is 11.7 Å². The molecule has 1 fully saturated rings. The largest absolute Gasteiger partial charge is 0.388 e. The van der Waals surface area contributed by atoms with Gasteiger partial charge in [0.25, 0.3) is 5.91 Å². The summed E-state index contributed by atoms with van der Waals surface area (Å²) in [7, 11) is 1.81. The summed E-state index contributed by atoms with van der Waals surface area (Å²) in [6, 6.07) is 12.9. The lowest BCUT2D eigenvalue weighted by atomic mass is 10.1. The third kappa shape index (κ3) is 3.82. The second kappa shape index (κ2) is 7.38. The second-order valence-corrected chi connectivity index (χ2v) is 6.27. The Morgan fingerprint density at radius 2 is 1.80 bits per heavy atom. The van der Waals surface area contributed by atoms with Gasteiger partial charge in [0.15, 0.2) is 5.78 Å². The van der Waals surface area contributed by atoms with Crippen LogP contribution in [0.2, 0.25) is 0 Å². The van der Waals surface area contributed by atoms with E-state index >= 15 is 0 Å². The lowest BCUT2D eigenvalue weighted by Crippen LogP contribution is -2.19. The van der Waals surface area contributed by atoms with Gasteiger partial charge >= 0.3 is 0 Å². The number of carbonyl (C=O) groups is 2. The first kappa shape index (κ1) is 17.0. The number of carbonyl (C=O) groups excluding carboxylic acids is 2. The Kier molecular flexibility index (Phi) is 5.03. The van der Waals surface area contributed by atoms with Crippen molar-refractivity contribution in [2.75, 3.05) is 35.7 Å². The molecule has 2 aromatic rings. The molecular formula is C20H23N3O2. The Balaban J connectivity index is 1.85. The van der Waals surface area contributed by atoms with Crippen molar-refractivity contribution in [3.63, 3.8) is 0 Å². The molecule has 5 heteroatoms. The monoisotopic (exact) mass is 337 g/mol. The average molecular weight is 337 g/mol. The Bertz CT molecular complexity index is 795. The molecule has 2 aromatic carbocycles. The van der Waals surface area contributed by atoms with E-state index in [0.29, 0.717) is 16.8 Å². The molecule has 1 aliphatic rings. The van der Waals surface area contributed by atoms with Crippen LogP contribution >= 0.6 is 0 Å². The van der Waals surface area contributed by atoms with Crippen molar-refractivity contribution in [3.8, 4) is 0 Å². The van der Waals surface area contributed by atoms with Gasteiger partial charge < -0.3 is 15.5 Å². The zero-order valence-electron chi connectivity index (χ0n) is 14.6. The fourth-order valence-corrected chi connectivity index (χ4v) is 3.11. The van der Waals surface area contributed by atoms with Gasteiger partial charge in [-0.3, -0.25) is 9.59 Å². The lowest BCUT2D eigenvalue weighted by Gasteiger charge is -2.19. The number of Topliss-reactive ketones (excluding diaryl/α,β-unsaturated/α-hetero) is 1. The third-order valence-electron chi connectivity index (χ3n) is 4.52. The SMILES string of the molecule is CNc1cccc(C(=O)Nc2ccc(N3CCCC3)cc2C(C)=O)c1. The normalized spacial score (nSPS) is 13.6. The summed E-state index contributed by atoms with van der Waals surface area (Å²) in [6.45, 7) is 3.56. The van der Waals surface area contributed by atoms with Gasteiger partial charge in [0.2, 0.25) is 0 Å². The molecule has 0 aliphatic carbocycles. The zero-order chi connectivity index (χ0) is 17.8. The fourth-order valence-electron chi connectivity index (χ4n) is 3.11. The van der Waals surface area contributed by atoms with Gasteiger partial charge in [-0.1, -0.05) is 6.07 Å². The van der Waals surface area contributed by atoms with Crippen LogP contribution in [0.1, 0.15) is 40.5 Å². The van der Waals surface area contributed by atoms with Crippen molar-refractivity contribution in [1.82, 2.24) is 0 Å². The third-order valence-corrected chi connectivity index (χ3v) is 4.52. The van der Waals surface area contributed by atoms with Gasteiger partial charge in [-0.25, -0.2) is 0 Å². The summed E-state index contributed by atoms with van der Waals surface area (Å²) in [6.07, 6.45) is 2.35. The van der Waals surface area contributed by atoms with Crippen LogP contribution in [0.4, 0.5) is 17.1 Å². The van der Waals surface area contributed by atoms with Crippen molar-refractivity contribution in [1.29, 1.82) is 0 Å². The summed E-state index contributed by atoms with van der Waals surface area (Å²) in [5.74, 6) is -0.283. The first-order valence-corrected chi connectivity index (χ1v) is 8.57. The molecule has 1 saturated heterocycles. The molecule has 1 heterocycles. The summed E-state index contributed by atoms with van der Waals surface area (Å²) in [5.41, 5.74) is 3.55. The maximum atomic E-state index is 12.5. The Morgan fingerprint density at radius 1 is 1.04 bits per heavy atom. The highest BCUT2D eigenvalue weighted by molar-refractivity contribution is 6.09. The number of ketones is 1.